The van der Waals surface area contributed by atoms with Gasteiger partial charge in [0.2, 0.25) is 0 Å². The summed E-state index contributed by atoms with van der Waals surface area (Å²) >= 11 is 1.40. The molecule has 2 heterocycles. The van der Waals surface area contributed by atoms with Crippen molar-refractivity contribution in [3.8, 4) is 5.69 Å². The van der Waals surface area contributed by atoms with E-state index in [1.807, 2.05) is 40.5 Å². The van der Waals surface area contributed by atoms with Crippen LogP contribution in [0, 0.1) is 0 Å². The molecule has 0 aliphatic rings. The molecule has 3 nitrogen and oxygen atoms in total. The minimum atomic E-state index is -0.254. The van der Waals surface area contributed by atoms with Crippen molar-refractivity contribution in [2.45, 2.75) is 6.92 Å². The van der Waals surface area contributed by atoms with Crippen molar-refractivity contribution in [2.75, 3.05) is 6.61 Å². The van der Waals surface area contributed by atoms with Gasteiger partial charge in [-0.2, -0.15) is 0 Å². The van der Waals surface area contributed by atoms with Gasteiger partial charge < -0.3 is 9.30 Å². The summed E-state index contributed by atoms with van der Waals surface area (Å²) < 4.78 is 6.89. The largest absolute Gasteiger partial charge is 0.462 e. The number of nitrogens with zero attached hydrogens (tertiary/aromatic N) is 1. The van der Waals surface area contributed by atoms with E-state index in [9.17, 15) is 4.79 Å². The van der Waals surface area contributed by atoms with Crippen LogP contribution in [-0.2, 0) is 4.74 Å². The summed E-state index contributed by atoms with van der Waals surface area (Å²) in [6.07, 6.45) is 3.82. The summed E-state index contributed by atoms with van der Waals surface area (Å²) in [6.45, 7) is 2.21. The standard InChI is InChI=1S/C11H11NO2S/c1-2-14-11(13)10-9(5-8-15-10)12-6-3-4-7-12/h3-8H,2H2,1H3. The Bertz CT molecular complexity index is 445. The van der Waals surface area contributed by atoms with E-state index in [1.54, 1.807) is 6.92 Å². The highest BCUT2D eigenvalue weighted by atomic mass is 32.1. The van der Waals surface area contributed by atoms with E-state index in [4.69, 9.17) is 4.74 Å². The van der Waals surface area contributed by atoms with Crippen molar-refractivity contribution in [1.29, 1.82) is 0 Å². The minimum Gasteiger partial charge on any atom is -0.462 e. The molecule has 4 heteroatoms. The van der Waals surface area contributed by atoms with E-state index in [0.29, 0.717) is 11.5 Å². The van der Waals surface area contributed by atoms with Crippen LogP contribution < -0.4 is 0 Å². The van der Waals surface area contributed by atoms with Gasteiger partial charge in [-0.3, -0.25) is 0 Å². The lowest BCUT2D eigenvalue weighted by Gasteiger charge is -2.04. The zero-order valence-electron chi connectivity index (χ0n) is 8.34. The summed E-state index contributed by atoms with van der Waals surface area (Å²) in [4.78, 5) is 12.2. The molecule has 0 amide bonds. The fraction of sp³-hybridized carbons (Fsp3) is 0.182. The number of esters is 1. The van der Waals surface area contributed by atoms with Crippen LogP contribution in [0.25, 0.3) is 5.69 Å². The Balaban J connectivity index is 2.34. The maximum atomic E-state index is 11.6. The van der Waals surface area contributed by atoms with Gasteiger partial charge >= 0.3 is 5.97 Å². The average Bonchev–Trinajstić information content (AvgIpc) is 2.88. The van der Waals surface area contributed by atoms with Crippen molar-refractivity contribution < 1.29 is 9.53 Å². The number of carbonyl (C=O) groups is 1. The van der Waals surface area contributed by atoms with Crippen LogP contribution in [0.15, 0.2) is 36.0 Å². The number of rotatable bonds is 3. The average molecular weight is 221 g/mol. The monoisotopic (exact) mass is 221 g/mol. The summed E-state index contributed by atoms with van der Waals surface area (Å²) in [5.74, 6) is -0.254. The smallest absolute Gasteiger partial charge is 0.350 e. The van der Waals surface area contributed by atoms with Crippen LogP contribution in [0.1, 0.15) is 16.6 Å². The maximum Gasteiger partial charge on any atom is 0.350 e. The third kappa shape index (κ3) is 1.94. The van der Waals surface area contributed by atoms with Crippen LogP contribution in [0.4, 0.5) is 0 Å². The Kier molecular flexibility index (Phi) is 2.87. The fourth-order valence-corrected chi connectivity index (χ4v) is 2.13. The van der Waals surface area contributed by atoms with Crippen molar-refractivity contribution in [2.24, 2.45) is 0 Å². The first kappa shape index (κ1) is 9.98. The molecule has 0 aromatic carbocycles. The van der Waals surface area contributed by atoms with Crippen LogP contribution in [0.5, 0.6) is 0 Å². The summed E-state index contributed by atoms with van der Waals surface area (Å²) in [5.41, 5.74) is 0.878. The zero-order valence-corrected chi connectivity index (χ0v) is 9.16. The highest BCUT2D eigenvalue weighted by Gasteiger charge is 2.14. The van der Waals surface area contributed by atoms with Crippen molar-refractivity contribution in [3.63, 3.8) is 0 Å². The predicted octanol–water partition coefficient (Wildman–Crippen LogP) is 2.72. The second-order valence-electron chi connectivity index (χ2n) is 2.95. The van der Waals surface area contributed by atoms with Crippen LogP contribution in [-0.4, -0.2) is 17.1 Å². The van der Waals surface area contributed by atoms with Crippen LogP contribution in [0.3, 0.4) is 0 Å². The molecule has 0 saturated heterocycles. The number of ether oxygens (including phenoxy) is 1. The zero-order chi connectivity index (χ0) is 10.7. The van der Waals surface area contributed by atoms with Gasteiger partial charge in [0.25, 0.3) is 0 Å². The molecular formula is C11H11NO2S. The number of hydrogen-bond donors (Lipinski definition) is 0. The SMILES string of the molecule is CCOC(=O)c1sccc1-n1cccc1. The Hall–Kier alpha value is -1.55. The summed E-state index contributed by atoms with van der Waals surface area (Å²) in [7, 11) is 0. The molecule has 0 spiro atoms. The Morgan fingerprint density at radius 3 is 2.87 bits per heavy atom. The lowest BCUT2D eigenvalue weighted by atomic mass is 10.4. The van der Waals surface area contributed by atoms with E-state index in [2.05, 4.69) is 0 Å². The number of hydrogen-bond acceptors (Lipinski definition) is 3. The number of carbonyl (C=O) groups excluding carboxylic acids is 1. The second kappa shape index (κ2) is 4.31. The normalized spacial score (nSPS) is 10.2. The third-order valence-corrected chi connectivity index (χ3v) is 2.87. The number of aromatic nitrogens is 1. The van der Waals surface area contributed by atoms with E-state index in [1.165, 1.54) is 11.3 Å². The lowest BCUT2D eigenvalue weighted by Crippen LogP contribution is -2.05. The van der Waals surface area contributed by atoms with E-state index >= 15 is 0 Å². The molecule has 2 rings (SSSR count). The van der Waals surface area contributed by atoms with Gasteiger partial charge in [0.1, 0.15) is 4.88 Å². The van der Waals surface area contributed by atoms with Gasteiger partial charge in [-0.15, -0.1) is 11.3 Å². The topological polar surface area (TPSA) is 31.2 Å². The second-order valence-corrected chi connectivity index (χ2v) is 3.86. The Labute approximate surface area is 91.9 Å². The molecule has 0 aliphatic carbocycles. The summed E-state index contributed by atoms with van der Waals surface area (Å²) in [6, 6.07) is 5.76. The molecule has 0 fully saturated rings. The maximum absolute atomic E-state index is 11.6. The number of thiophene rings is 1. The fourth-order valence-electron chi connectivity index (χ4n) is 1.35. The predicted molar refractivity (Wildman–Crippen MR) is 59.6 cm³/mol. The van der Waals surface area contributed by atoms with Gasteiger partial charge in [0.05, 0.1) is 12.3 Å². The molecule has 78 valence electrons. The molecule has 0 atom stereocenters. The van der Waals surface area contributed by atoms with Gasteiger partial charge in [-0.25, -0.2) is 4.79 Å². The molecule has 0 unspecified atom stereocenters. The minimum absolute atomic E-state index is 0.254. The molecule has 2 aromatic rings. The van der Waals surface area contributed by atoms with Crippen LogP contribution in [0.2, 0.25) is 0 Å². The van der Waals surface area contributed by atoms with Crippen molar-refractivity contribution in [3.05, 3.63) is 40.8 Å². The quantitative estimate of drug-likeness (QED) is 0.746. The Morgan fingerprint density at radius 1 is 1.47 bits per heavy atom. The highest BCUT2D eigenvalue weighted by molar-refractivity contribution is 7.12. The summed E-state index contributed by atoms with van der Waals surface area (Å²) in [5, 5.41) is 1.89. The van der Waals surface area contributed by atoms with Gasteiger partial charge in [0.15, 0.2) is 0 Å². The molecule has 0 N–H and O–H groups in total. The van der Waals surface area contributed by atoms with Gasteiger partial charge in [-0.05, 0) is 30.5 Å². The molecule has 15 heavy (non-hydrogen) atoms. The van der Waals surface area contributed by atoms with Crippen LogP contribution >= 0.6 is 11.3 Å². The molecule has 2 aromatic heterocycles. The molecule has 0 saturated carbocycles. The molecular weight excluding hydrogens is 210 g/mol. The van der Waals surface area contributed by atoms with Gasteiger partial charge in [0, 0.05) is 12.4 Å². The molecule has 0 bridgehead atoms. The van der Waals surface area contributed by atoms with E-state index < -0.39 is 0 Å². The first-order valence-electron chi connectivity index (χ1n) is 4.71. The van der Waals surface area contributed by atoms with E-state index in [0.717, 1.165) is 5.69 Å². The Morgan fingerprint density at radius 2 is 2.20 bits per heavy atom. The first-order chi connectivity index (χ1) is 7.33. The van der Waals surface area contributed by atoms with Gasteiger partial charge in [-0.1, -0.05) is 0 Å². The highest BCUT2D eigenvalue weighted by Crippen LogP contribution is 2.22. The van der Waals surface area contributed by atoms with Crippen molar-refractivity contribution >= 4 is 17.3 Å². The molecule has 0 radical (unpaired) electrons. The third-order valence-electron chi connectivity index (χ3n) is 1.99. The lowest BCUT2D eigenvalue weighted by molar-refractivity contribution is 0.0532. The van der Waals surface area contributed by atoms with Crippen molar-refractivity contribution in [1.82, 2.24) is 4.57 Å². The molecule has 0 aliphatic heterocycles. The first-order valence-corrected chi connectivity index (χ1v) is 5.59. The van der Waals surface area contributed by atoms with E-state index in [-0.39, 0.29) is 5.97 Å².